The summed E-state index contributed by atoms with van der Waals surface area (Å²) >= 11 is 6.13. The van der Waals surface area contributed by atoms with E-state index >= 15 is 0 Å². The van der Waals surface area contributed by atoms with Gasteiger partial charge in [-0.15, -0.1) is 0 Å². The van der Waals surface area contributed by atoms with E-state index in [1.54, 1.807) is 17.0 Å². The molecule has 1 N–H and O–H groups in total. The van der Waals surface area contributed by atoms with E-state index in [9.17, 15) is 14.7 Å². The first-order valence-corrected chi connectivity index (χ1v) is 8.94. The summed E-state index contributed by atoms with van der Waals surface area (Å²) in [4.78, 5) is 30.8. The first-order chi connectivity index (χ1) is 11.9. The second-order valence-corrected chi connectivity index (χ2v) is 7.60. The lowest BCUT2D eigenvalue weighted by Gasteiger charge is -2.18. The Kier molecular flexibility index (Phi) is 3.91. The molecule has 0 bridgehead atoms. The largest absolute Gasteiger partial charge is 0.481 e. The van der Waals surface area contributed by atoms with Crippen LogP contribution in [0.25, 0.3) is 10.9 Å². The fourth-order valence-corrected chi connectivity index (χ4v) is 3.78. The summed E-state index contributed by atoms with van der Waals surface area (Å²) in [6.07, 6.45) is 2.20. The lowest BCUT2D eigenvalue weighted by molar-refractivity contribution is -0.142. The maximum absolute atomic E-state index is 13.1. The Hall–Kier alpha value is -2.14. The van der Waals surface area contributed by atoms with E-state index in [2.05, 4.69) is 4.98 Å². The highest BCUT2D eigenvalue weighted by Crippen LogP contribution is 2.40. The standard InChI is InChI=1S/C19H19ClN2O3/c1-10-8-22(9-15(10)19(24)25)18(23)14-7-17(11-2-3-11)21-16-5-4-12(20)6-13(14)16/h4-7,10-11,15H,2-3,8-9H2,1H3,(H,24,25)/t10-,15-/m1/s1. The van der Waals surface area contributed by atoms with Gasteiger partial charge in [0.05, 0.1) is 17.0 Å². The highest BCUT2D eigenvalue weighted by atomic mass is 35.5. The fourth-order valence-electron chi connectivity index (χ4n) is 3.61. The summed E-state index contributed by atoms with van der Waals surface area (Å²) in [5.41, 5.74) is 2.28. The van der Waals surface area contributed by atoms with E-state index in [-0.39, 0.29) is 18.4 Å². The second kappa shape index (κ2) is 5.99. The fraction of sp³-hybridized carbons (Fsp3) is 0.421. The Morgan fingerprint density at radius 2 is 2.00 bits per heavy atom. The third-order valence-electron chi connectivity index (χ3n) is 5.23. The van der Waals surface area contributed by atoms with Gasteiger partial charge < -0.3 is 10.0 Å². The number of carboxylic acids is 1. The first-order valence-electron chi connectivity index (χ1n) is 8.56. The van der Waals surface area contributed by atoms with Crippen LogP contribution in [0.1, 0.15) is 41.7 Å². The van der Waals surface area contributed by atoms with Crippen molar-refractivity contribution in [2.24, 2.45) is 11.8 Å². The van der Waals surface area contributed by atoms with Gasteiger partial charge in [-0.3, -0.25) is 14.6 Å². The zero-order valence-corrected chi connectivity index (χ0v) is 14.7. The molecule has 2 fully saturated rings. The highest BCUT2D eigenvalue weighted by molar-refractivity contribution is 6.31. The molecule has 0 unspecified atom stereocenters. The van der Waals surface area contributed by atoms with Crippen molar-refractivity contribution in [1.82, 2.24) is 9.88 Å². The van der Waals surface area contributed by atoms with E-state index in [0.717, 1.165) is 29.4 Å². The predicted octanol–water partition coefficient (Wildman–Crippen LogP) is 3.56. The number of carboxylic acid groups (broad SMARTS) is 1. The van der Waals surface area contributed by atoms with Crippen LogP contribution in [-0.2, 0) is 4.79 Å². The summed E-state index contributed by atoms with van der Waals surface area (Å²) in [5, 5.41) is 10.6. The van der Waals surface area contributed by atoms with Crippen molar-refractivity contribution in [1.29, 1.82) is 0 Å². The number of rotatable bonds is 3. The molecular formula is C19H19ClN2O3. The normalized spacial score (nSPS) is 23.2. The monoisotopic (exact) mass is 358 g/mol. The smallest absolute Gasteiger partial charge is 0.308 e. The number of halogens is 1. The number of carbonyl (C=O) groups excluding carboxylic acids is 1. The molecule has 0 radical (unpaired) electrons. The van der Waals surface area contributed by atoms with Gasteiger partial charge in [-0.1, -0.05) is 18.5 Å². The van der Waals surface area contributed by atoms with Gasteiger partial charge in [0.1, 0.15) is 0 Å². The Morgan fingerprint density at radius 3 is 2.64 bits per heavy atom. The van der Waals surface area contributed by atoms with Crippen molar-refractivity contribution in [3.8, 4) is 0 Å². The molecule has 5 nitrogen and oxygen atoms in total. The number of hydrogen-bond acceptors (Lipinski definition) is 3. The number of hydrogen-bond donors (Lipinski definition) is 1. The zero-order valence-electron chi connectivity index (χ0n) is 13.9. The number of aromatic nitrogens is 1. The minimum atomic E-state index is -0.843. The first kappa shape index (κ1) is 16.3. The van der Waals surface area contributed by atoms with Crippen LogP contribution >= 0.6 is 11.6 Å². The Balaban J connectivity index is 1.76. The molecule has 1 amide bonds. The maximum Gasteiger partial charge on any atom is 0.308 e. The van der Waals surface area contributed by atoms with Crippen molar-refractivity contribution < 1.29 is 14.7 Å². The second-order valence-electron chi connectivity index (χ2n) is 7.16. The Bertz CT molecular complexity index is 878. The molecule has 2 aromatic rings. The average molecular weight is 359 g/mol. The number of benzene rings is 1. The van der Waals surface area contributed by atoms with E-state index < -0.39 is 11.9 Å². The molecule has 2 aliphatic rings. The summed E-state index contributed by atoms with van der Waals surface area (Å²) < 4.78 is 0. The van der Waals surface area contributed by atoms with Crippen LogP contribution in [-0.4, -0.2) is 40.0 Å². The molecule has 1 saturated carbocycles. The van der Waals surface area contributed by atoms with Gasteiger partial charge in [-0.25, -0.2) is 0 Å². The van der Waals surface area contributed by atoms with Crippen LogP contribution in [0.3, 0.4) is 0 Å². The Labute approximate surface area is 150 Å². The summed E-state index contributed by atoms with van der Waals surface area (Å²) in [6.45, 7) is 2.58. The zero-order chi connectivity index (χ0) is 17.7. The lowest BCUT2D eigenvalue weighted by Crippen LogP contribution is -2.30. The number of carbonyl (C=O) groups is 2. The molecule has 1 saturated heterocycles. The summed E-state index contributed by atoms with van der Waals surface area (Å²) in [7, 11) is 0. The number of aliphatic carboxylic acids is 1. The number of fused-ring (bicyclic) bond motifs is 1. The van der Waals surface area contributed by atoms with Gasteiger partial charge in [0.25, 0.3) is 5.91 Å². The number of likely N-dealkylation sites (tertiary alicyclic amines) is 1. The quantitative estimate of drug-likeness (QED) is 0.910. The molecule has 130 valence electrons. The van der Waals surface area contributed by atoms with Gasteiger partial charge in [0.2, 0.25) is 0 Å². The van der Waals surface area contributed by atoms with E-state index in [1.165, 1.54) is 0 Å². The number of nitrogens with zero attached hydrogens (tertiary/aromatic N) is 2. The molecule has 1 aliphatic heterocycles. The summed E-state index contributed by atoms with van der Waals surface area (Å²) in [6, 6.07) is 7.26. The van der Waals surface area contributed by atoms with Crippen molar-refractivity contribution in [3.63, 3.8) is 0 Å². The molecule has 2 atom stereocenters. The highest BCUT2D eigenvalue weighted by Gasteiger charge is 2.38. The molecule has 4 rings (SSSR count). The lowest BCUT2D eigenvalue weighted by atomic mass is 9.99. The molecule has 2 heterocycles. The predicted molar refractivity (Wildman–Crippen MR) is 94.9 cm³/mol. The topological polar surface area (TPSA) is 70.5 Å². The van der Waals surface area contributed by atoms with Crippen LogP contribution in [0.2, 0.25) is 5.02 Å². The van der Waals surface area contributed by atoms with Gasteiger partial charge in [-0.05, 0) is 43.0 Å². The van der Waals surface area contributed by atoms with E-state index in [0.29, 0.717) is 23.0 Å². The third kappa shape index (κ3) is 2.97. The van der Waals surface area contributed by atoms with Gasteiger partial charge in [0.15, 0.2) is 0 Å². The van der Waals surface area contributed by atoms with Crippen molar-refractivity contribution in [3.05, 3.63) is 40.5 Å². The van der Waals surface area contributed by atoms with Gasteiger partial charge in [0, 0.05) is 35.1 Å². The number of amides is 1. The van der Waals surface area contributed by atoms with E-state index in [4.69, 9.17) is 11.6 Å². The van der Waals surface area contributed by atoms with Crippen LogP contribution in [0.4, 0.5) is 0 Å². The van der Waals surface area contributed by atoms with Crippen molar-refractivity contribution in [2.45, 2.75) is 25.7 Å². The summed E-state index contributed by atoms with van der Waals surface area (Å²) in [5.74, 6) is -1.11. The van der Waals surface area contributed by atoms with Crippen molar-refractivity contribution in [2.75, 3.05) is 13.1 Å². The number of pyridine rings is 1. The van der Waals surface area contributed by atoms with Crippen LogP contribution < -0.4 is 0 Å². The molecule has 1 aliphatic carbocycles. The molecule has 6 heteroatoms. The minimum absolute atomic E-state index is 0.0546. The SMILES string of the molecule is C[C@@H]1CN(C(=O)c2cc(C3CC3)nc3ccc(Cl)cc23)C[C@H]1C(=O)O. The average Bonchev–Trinajstić information content (AvgIpc) is 3.35. The molecular weight excluding hydrogens is 340 g/mol. The maximum atomic E-state index is 13.1. The minimum Gasteiger partial charge on any atom is -0.481 e. The third-order valence-corrected chi connectivity index (χ3v) is 5.47. The molecule has 0 spiro atoms. The van der Waals surface area contributed by atoms with Gasteiger partial charge >= 0.3 is 5.97 Å². The van der Waals surface area contributed by atoms with Gasteiger partial charge in [-0.2, -0.15) is 0 Å². The van der Waals surface area contributed by atoms with Crippen LogP contribution in [0.5, 0.6) is 0 Å². The van der Waals surface area contributed by atoms with Crippen molar-refractivity contribution >= 4 is 34.4 Å². The Morgan fingerprint density at radius 1 is 1.24 bits per heavy atom. The van der Waals surface area contributed by atoms with E-state index in [1.807, 2.05) is 19.1 Å². The molecule has 25 heavy (non-hydrogen) atoms. The molecule has 1 aromatic heterocycles. The van der Waals surface area contributed by atoms with Crippen LogP contribution in [0, 0.1) is 11.8 Å². The van der Waals surface area contributed by atoms with Crippen LogP contribution in [0.15, 0.2) is 24.3 Å². The molecule has 1 aromatic carbocycles.